The van der Waals surface area contributed by atoms with Crippen LogP contribution >= 0.6 is 15.9 Å². The topological polar surface area (TPSA) is 64.0 Å². The highest BCUT2D eigenvalue weighted by Gasteiger charge is 2.21. The van der Waals surface area contributed by atoms with E-state index in [-0.39, 0.29) is 18.0 Å². The number of amides is 1. The van der Waals surface area contributed by atoms with E-state index in [0.717, 1.165) is 0 Å². The number of carbonyl (C=O) groups excluding carboxylic acids is 1. The fourth-order valence-corrected chi connectivity index (χ4v) is 1.49. The summed E-state index contributed by atoms with van der Waals surface area (Å²) in [6, 6.07) is 0. The van der Waals surface area contributed by atoms with Crippen molar-refractivity contribution in [3.63, 3.8) is 0 Å². The van der Waals surface area contributed by atoms with Crippen LogP contribution in [-0.2, 0) is 11.3 Å². The minimum Gasteiger partial charge on any atom is -0.294 e. The van der Waals surface area contributed by atoms with E-state index < -0.39 is 0 Å². The van der Waals surface area contributed by atoms with Gasteiger partial charge in [0.15, 0.2) is 0 Å². The Balaban J connectivity index is 2.74. The van der Waals surface area contributed by atoms with Crippen LogP contribution in [0.1, 0.15) is 5.69 Å². The Morgan fingerprint density at radius 2 is 2.23 bits per heavy atom. The Kier molecular flexibility index (Phi) is 1.73. The second-order valence-electron chi connectivity index (χ2n) is 2.77. The van der Waals surface area contributed by atoms with E-state index in [2.05, 4.69) is 26.2 Å². The molecule has 1 amide bonds. The molecule has 1 aliphatic rings. The van der Waals surface area contributed by atoms with Crippen molar-refractivity contribution in [1.29, 1.82) is 0 Å². The first kappa shape index (κ1) is 8.43. The lowest BCUT2D eigenvalue weighted by atomic mass is 10.4. The monoisotopic (exact) mass is 243 g/mol. The van der Waals surface area contributed by atoms with E-state index in [4.69, 9.17) is 0 Å². The molecular formula is C7H6BrN3O2. The van der Waals surface area contributed by atoms with Gasteiger partial charge in [-0.05, 0) is 22.9 Å². The normalized spacial score (nSPS) is 14.2. The average Bonchev–Trinajstić information content (AvgIpc) is 2.42. The highest BCUT2D eigenvalue weighted by molar-refractivity contribution is 9.10. The maximum Gasteiger partial charge on any atom is 0.269 e. The summed E-state index contributed by atoms with van der Waals surface area (Å²) in [5.74, 6) is 0.123. The van der Waals surface area contributed by atoms with Gasteiger partial charge >= 0.3 is 0 Å². The third-order valence-electron chi connectivity index (χ3n) is 1.83. The number of carbonyl (C=O) groups is 1. The smallest absolute Gasteiger partial charge is 0.269 e. The molecule has 1 aromatic rings. The second kappa shape index (κ2) is 2.66. The Labute approximate surface area is 81.9 Å². The summed E-state index contributed by atoms with van der Waals surface area (Å²) in [5.41, 5.74) is 0.360. The molecule has 0 spiro atoms. The zero-order chi connectivity index (χ0) is 9.59. The van der Waals surface area contributed by atoms with E-state index in [0.29, 0.717) is 16.1 Å². The summed E-state index contributed by atoms with van der Waals surface area (Å²) in [5, 5.41) is 2.50. The van der Waals surface area contributed by atoms with E-state index in [1.54, 1.807) is 6.92 Å². The van der Waals surface area contributed by atoms with Crippen molar-refractivity contribution in [3.05, 3.63) is 20.5 Å². The van der Waals surface area contributed by atoms with Gasteiger partial charge in [-0.15, -0.1) is 0 Å². The number of aromatic nitrogens is 2. The minimum absolute atomic E-state index is 0.0556. The van der Waals surface area contributed by atoms with Crippen LogP contribution in [0, 0.1) is 6.92 Å². The molecule has 0 radical (unpaired) electrons. The van der Waals surface area contributed by atoms with Gasteiger partial charge in [-0.3, -0.25) is 19.5 Å². The van der Waals surface area contributed by atoms with Crippen LogP contribution < -0.4 is 10.9 Å². The molecule has 0 fully saturated rings. The van der Waals surface area contributed by atoms with Crippen LogP contribution in [0.25, 0.3) is 0 Å². The molecule has 68 valence electrons. The summed E-state index contributed by atoms with van der Waals surface area (Å²) >= 11 is 3.12. The molecule has 0 aromatic carbocycles. The Bertz CT molecular complexity index is 452. The van der Waals surface area contributed by atoms with Crippen LogP contribution in [0.4, 0.5) is 5.95 Å². The molecular weight excluding hydrogens is 238 g/mol. The van der Waals surface area contributed by atoms with Crippen molar-refractivity contribution in [2.75, 3.05) is 5.32 Å². The van der Waals surface area contributed by atoms with Crippen molar-refractivity contribution in [2.24, 2.45) is 0 Å². The lowest BCUT2D eigenvalue weighted by Gasteiger charge is -2.02. The number of rotatable bonds is 0. The number of hydrogen-bond donors (Lipinski definition) is 1. The second-order valence-corrected chi connectivity index (χ2v) is 3.57. The highest BCUT2D eigenvalue weighted by Crippen LogP contribution is 2.14. The quantitative estimate of drug-likeness (QED) is 0.712. The van der Waals surface area contributed by atoms with Gasteiger partial charge in [0, 0.05) is 0 Å². The average molecular weight is 244 g/mol. The summed E-state index contributed by atoms with van der Waals surface area (Å²) in [6.07, 6.45) is 0. The molecule has 0 saturated carbocycles. The van der Waals surface area contributed by atoms with Gasteiger partial charge in [0.1, 0.15) is 11.0 Å². The predicted octanol–water partition coefficient (Wildman–Crippen LogP) is 0.266. The van der Waals surface area contributed by atoms with E-state index >= 15 is 0 Å². The summed E-state index contributed by atoms with van der Waals surface area (Å²) < 4.78 is 1.71. The third kappa shape index (κ3) is 1.17. The molecule has 5 nitrogen and oxygen atoms in total. The van der Waals surface area contributed by atoms with Gasteiger partial charge in [0.05, 0.1) is 5.69 Å². The SMILES string of the molecule is Cc1nc2n(c(=O)c1Br)CC(=O)N2. The van der Waals surface area contributed by atoms with Crippen molar-refractivity contribution in [3.8, 4) is 0 Å². The highest BCUT2D eigenvalue weighted by atomic mass is 79.9. The van der Waals surface area contributed by atoms with E-state index in [1.165, 1.54) is 4.57 Å². The number of hydrogen-bond acceptors (Lipinski definition) is 3. The number of fused-ring (bicyclic) bond motifs is 1. The number of anilines is 1. The Morgan fingerprint density at radius 3 is 2.92 bits per heavy atom. The van der Waals surface area contributed by atoms with Gasteiger partial charge in [-0.25, -0.2) is 4.98 Å². The standard InChI is InChI=1S/C7H6BrN3O2/c1-3-5(8)6(13)11-2-4(12)10-7(11)9-3/h2H2,1H3,(H,9,10,12). The number of aryl methyl sites for hydroxylation is 1. The Morgan fingerprint density at radius 1 is 1.54 bits per heavy atom. The van der Waals surface area contributed by atoms with Gasteiger partial charge in [-0.2, -0.15) is 0 Å². The zero-order valence-electron chi connectivity index (χ0n) is 6.80. The third-order valence-corrected chi connectivity index (χ3v) is 2.75. The summed E-state index contributed by atoms with van der Waals surface area (Å²) in [7, 11) is 0. The van der Waals surface area contributed by atoms with Crippen molar-refractivity contribution < 1.29 is 4.79 Å². The first-order valence-electron chi connectivity index (χ1n) is 3.66. The fourth-order valence-electron chi connectivity index (χ4n) is 1.19. The van der Waals surface area contributed by atoms with Crippen LogP contribution in [0.5, 0.6) is 0 Å². The molecule has 2 rings (SSSR count). The van der Waals surface area contributed by atoms with Gasteiger partial charge in [0.25, 0.3) is 5.56 Å². The number of halogens is 1. The van der Waals surface area contributed by atoms with Gasteiger partial charge in [0.2, 0.25) is 11.9 Å². The molecule has 0 saturated heterocycles. The molecule has 1 N–H and O–H groups in total. The predicted molar refractivity (Wildman–Crippen MR) is 49.6 cm³/mol. The number of nitrogens with zero attached hydrogens (tertiary/aromatic N) is 2. The van der Waals surface area contributed by atoms with Crippen LogP contribution in [0.2, 0.25) is 0 Å². The Hall–Kier alpha value is -1.17. The zero-order valence-corrected chi connectivity index (χ0v) is 8.38. The van der Waals surface area contributed by atoms with Gasteiger partial charge in [-0.1, -0.05) is 0 Å². The molecule has 6 heteroatoms. The first-order chi connectivity index (χ1) is 6.09. The maximum absolute atomic E-state index is 11.5. The molecule has 0 unspecified atom stereocenters. The lowest BCUT2D eigenvalue weighted by Crippen LogP contribution is -2.21. The summed E-state index contributed by atoms with van der Waals surface area (Å²) in [4.78, 5) is 26.5. The summed E-state index contributed by atoms with van der Waals surface area (Å²) in [6.45, 7) is 1.76. The van der Waals surface area contributed by atoms with Crippen molar-refractivity contribution in [2.45, 2.75) is 13.5 Å². The van der Waals surface area contributed by atoms with E-state index in [9.17, 15) is 9.59 Å². The molecule has 0 aliphatic carbocycles. The fraction of sp³-hybridized carbons (Fsp3) is 0.286. The first-order valence-corrected chi connectivity index (χ1v) is 4.45. The molecule has 13 heavy (non-hydrogen) atoms. The minimum atomic E-state index is -0.221. The molecule has 0 bridgehead atoms. The van der Waals surface area contributed by atoms with Gasteiger partial charge < -0.3 is 0 Å². The van der Waals surface area contributed by atoms with E-state index in [1.807, 2.05) is 0 Å². The molecule has 2 heterocycles. The lowest BCUT2D eigenvalue weighted by molar-refractivity contribution is -0.115. The van der Waals surface area contributed by atoms with Crippen LogP contribution in [0.3, 0.4) is 0 Å². The molecule has 0 atom stereocenters. The maximum atomic E-state index is 11.5. The van der Waals surface area contributed by atoms with Crippen LogP contribution in [0.15, 0.2) is 9.27 Å². The number of nitrogens with one attached hydrogen (secondary N) is 1. The van der Waals surface area contributed by atoms with Crippen molar-refractivity contribution >= 4 is 27.8 Å². The molecule has 1 aromatic heterocycles. The van der Waals surface area contributed by atoms with Crippen molar-refractivity contribution in [1.82, 2.24) is 9.55 Å². The largest absolute Gasteiger partial charge is 0.294 e. The van der Waals surface area contributed by atoms with Crippen LogP contribution in [-0.4, -0.2) is 15.5 Å². The molecule has 1 aliphatic heterocycles.